The Morgan fingerprint density at radius 1 is 1.15 bits per heavy atom. The molecule has 0 radical (unpaired) electrons. The monoisotopic (exact) mass is 398 g/mol. The molecule has 1 spiro atoms. The molecule has 2 aliphatic heterocycles. The summed E-state index contributed by atoms with van der Waals surface area (Å²) in [7, 11) is -3.42. The Morgan fingerprint density at radius 3 is 2.46 bits per heavy atom. The van der Waals surface area contributed by atoms with Gasteiger partial charge in [0, 0.05) is 6.42 Å². The lowest BCUT2D eigenvalue weighted by molar-refractivity contribution is -0.910. The quantitative estimate of drug-likeness (QED) is 0.720. The second-order valence-electron chi connectivity index (χ2n) is 7.54. The highest BCUT2D eigenvalue weighted by Gasteiger charge is 2.53. The van der Waals surface area contributed by atoms with Crippen molar-refractivity contribution in [3.05, 3.63) is 17.5 Å². The normalized spacial score (nSPS) is 24.8. The van der Waals surface area contributed by atoms with Gasteiger partial charge in [0.15, 0.2) is 6.67 Å². The van der Waals surface area contributed by atoms with Gasteiger partial charge >= 0.3 is 0 Å². The fourth-order valence-electron chi connectivity index (χ4n) is 4.42. The number of carbonyl (C=O) groups is 2. The zero-order valence-corrected chi connectivity index (χ0v) is 16.3. The molecule has 3 heterocycles. The first-order valence-corrected chi connectivity index (χ1v) is 11.5. The molecule has 1 aliphatic carbocycles. The van der Waals surface area contributed by atoms with E-state index in [2.05, 4.69) is 0 Å². The van der Waals surface area contributed by atoms with E-state index >= 15 is 0 Å². The van der Waals surface area contributed by atoms with Crippen LogP contribution in [0.2, 0.25) is 0 Å². The molecular formula is C17H24N3O4S2+. The first kappa shape index (κ1) is 18.1. The van der Waals surface area contributed by atoms with Crippen LogP contribution in [0.1, 0.15) is 32.1 Å². The second kappa shape index (κ2) is 6.70. The summed E-state index contributed by atoms with van der Waals surface area (Å²) in [5.41, 5.74) is -0.430. The van der Waals surface area contributed by atoms with Crippen molar-refractivity contribution in [2.45, 2.75) is 36.3 Å². The van der Waals surface area contributed by atoms with Gasteiger partial charge in [0.2, 0.25) is 11.8 Å². The van der Waals surface area contributed by atoms with Gasteiger partial charge in [-0.2, -0.15) is 4.31 Å². The third kappa shape index (κ3) is 3.00. The molecule has 0 bridgehead atoms. The Balaban J connectivity index is 1.37. The van der Waals surface area contributed by atoms with Crippen LogP contribution < -0.4 is 4.90 Å². The fraction of sp³-hybridized carbons (Fsp3) is 0.647. The van der Waals surface area contributed by atoms with Gasteiger partial charge in [-0.1, -0.05) is 18.9 Å². The van der Waals surface area contributed by atoms with E-state index in [-0.39, 0.29) is 11.8 Å². The van der Waals surface area contributed by atoms with Crippen LogP contribution in [0.3, 0.4) is 0 Å². The molecule has 26 heavy (non-hydrogen) atoms. The fourth-order valence-corrected chi connectivity index (χ4v) is 7.01. The van der Waals surface area contributed by atoms with Crippen LogP contribution in [0.5, 0.6) is 0 Å². The predicted octanol–water partition coefficient (Wildman–Crippen LogP) is -0.0859. The highest BCUT2D eigenvalue weighted by molar-refractivity contribution is 7.91. The van der Waals surface area contributed by atoms with Crippen molar-refractivity contribution < 1.29 is 22.9 Å². The lowest BCUT2D eigenvalue weighted by atomic mass is 9.85. The van der Waals surface area contributed by atoms with Crippen molar-refractivity contribution in [2.24, 2.45) is 5.41 Å². The van der Waals surface area contributed by atoms with Crippen LogP contribution in [0, 0.1) is 5.41 Å². The van der Waals surface area contributed by atoms with E-state index in [1.807, 2.05) is 0 Å². The average molecular weight is 399 g/mol. The lowest BCUT2D eigenvalue weighted by Gasteiger charge is -2.33. The molecule has 0 unspecified atom stereocenters. The van der Waals surface area contributed by atoms with Crippen molar-refractivity contribution in [3.63, 3.8) is 0 Å². The van der Waals surface area contributed by atoms with Crippen LogP contribution in [0.4, 0.5) is 0 Å². The summed E-state index contributed by atoms with van der Waals surface area (Å²) in [6.45, 7) is 2.41. The number of hydrogen-bond acceptors (Lipinski definition) is 5. The second-order valence-corrected chi connectivity index (χ2v) is 10.6. The highest BCUT2D eigenvalue weighted by atomic mass is 32.2. The molecule has 1 aromatic heterocycles. The number of nitrogens with zero attached hydrogens (tertiary/aromatic N) is 2. The molecule has 3 fully saturated rings. The Hall–Kier alpha value is -1.29. The molecule has 2 amide bonds. The number of imide groups is 1. The van der Waals surface area contributed by atoms with Crippen LogP contribution in [0.15, 0.2) is 21.7 Å². The first-order valence-electron chi connectivity index (χ1n) is 9.14. The lowest BCUT2D eigenvalue weighted by Crippen LogP contribution is -3.16. The molecule has 1 N–H and O–H groups in total. The molecule has 7 nitrogen and oxygen atoms in total. The largest absolute Gasteiger partial charge is 0.315 e. The van der Waals surface area contributed by atoms with Gasteiger partial charge in [0.05, 0.1) is 31.6 Å². The first-order chi connectivity index (χ1) is 12.4. The van der Waals surface area contributed by atoms with E-state index in [4.69, 9.17) is 0 Å². The summed E-state index contributed by atoms with van der Waals surface area (Å²) >= 11 is 1.23. The number of quaternary nitrogens is 1. The summed E-state index contributed by atoms with van der Waals surface area (Å²) in [5, 5.41) is 1.76. The maximum Gasteiger partial charge on any atom is 0.252 e. The zero-order chi connectivity index (χ0) is 18.4. The molecule has 0 aromatic carbocycles. The molecule has 9 heteroatoms. The van der Waals surface area contributed by atoms with Crippen molar-refractivity contribution in [3.8, 4) is 0 Å². The minimum atomic E-state index is -3.42. The third-order valence-electron chi connectivity index (χ3n) is 5.95. The molecular weight excluding hydrogens is 374 g/mol. The summed E-state index contributed by atoms with van der Waals surface area (Å²) in [6, 6.07) is 3.37. The van der Waals surface area contributed by atoms with E-state index in [1.165, 1.54) is 20.5 Å². The molecule has 0 atom stereocenters. The Morgan fingerprint density at radius 2 is 1.85 bits per heavy atom. The Kier molecular flexibility index (Phi) is 4.66. The van der Waals surface area contributed by atoms with E-state index in [9.17, 15) is 18.0 Å². The highest BCUT2D eigenvalue weighted by Crippen LogP contribution is 2.46. The molecule has 2 saturated heterocycles. The molecule has 1 saturated carbocycles. The average Bonchev–Trinajstić information content (AvgIpc) is 3.35. The van der Waals surface area contributed by atoms with Crippen LogP contribution in [-0.4, -0.2) is 62.3 Å². The van der Waals surface area contributed by atoms with Crippen molar-refractivity contribution >= 4 is 33.2 Å². The van der Waals surface area contributed by atoms with Gasteiger partial charge < -0.3 is 4.90 Å². The number of piperazine rings is 1. The minimum absolute atomic E-state index is 0.00105. The van der Waals surface area contributed by atoms with Crippen LogP contribution in [0.25, 0.3) is 0 Å². The predicted molar refractivity (Wildman–Crippen MR) is 96.0 cm³/mol. The van der Waals surface area contributed by atoms with Crippen LogP contribution in [-0.2, 0) is 19.6 Å². The van der Waals surface area contributed by atoms with E-state index in [1.54, 1.807) is 17.5 Å². The summed E-state index contributed by atoms with van der Waals surface area (Å²) in [5.74, 6) is -0.0563. The summed E-state index contributed by atoms with van der Waals surface area (Å²) < 4.78 is 27.0. The number of sulfonamides is 1. The minimum Gasteiger partial charge on any atom is -0.315 e. The van der Waals surface area contributed by atoms with Crippen LogP contribution >= 0.6 is 11.3 Å². The number of carbonyl (C=O) groups excluding carboxylic acids is 2. The van der Waals surface area contributed by atoms with Crippen molar-refractivity contribution in [1.29, 1.82) is 0 Å². The molecule has 142 valence electrons. The zero-order valence-electron chi connectivity index (χ0n) is 14.6. The number of rotatable bonds is 4. The van der Waals surface area contributed by atoms with E-state index in [0.717, 1.165) is 30.6 Å². The molecule has 4 rings (SSSR count). The summed E-state index contributed by atoms with van der Waals surface area (Å²) in [6.07, 6.45) is 4.07. The Labute approximate surface area is 157 Å². The number of amides is 2. The third-order valence-corrected chi connectivity index (χ3v) is 9.22. The van der Waals surface area contributed by atoms with Gasteiger partial charge in [-0.25, -0.2) is 13.3 Å². The van der Waals surface area contributed by atoms with E-state index < -0.39 is 15.4 Å². The van der Waals surface area contributed by atoms with Gasteiger partial charge in [-0.15, -0.1) is 11.3 Å². The smallest absolute Gasteiger partial charge is 0.252 e. The Bertz CT molecular complexity index is 792. The maximum atomic E-state index is 12.8. The van der Waals surface area contributed by atoms with Gasteiger partial charge in [0.25, 0.3) is 10.0 Å². The van der Waals surface area contributed by atoms with Crippen molar-refractivity contribution in [2.75, 3.05) is 32.8 Å². The van der Waals surface area contributed by atoms with E-state index in [0.29, 0.717) is 43.5 Å². The number of likely N-dealkylation sites (tertiary alicyclic amines) is 1. The number of nitrogens with one attached hydrogen (secondary N) is 1. The number of thiophene rings is 1. The molecule has 3 aliphatic rings. The molecule has 1 aromatic rings. The summed E-state index contributed by atoms with van der Waals surface area (Å²) in [4.78, 5) is 27.7. The van der Waals surface area contributed by atoms with Crippen molar-refractivity contribution in [1.82, 2.24) is 9.21 Å². The standard InChI is InChI=1S/C17H23N3O4S2/c21-14-12-17(5-1-2-6-17)16(22)20(14)13-18-7-9-19(10-8-18)26(23,24)15-4-3-11-25-15/h3-4,11H,1-2,5-10,12-13H2/p+1. The van der Waals surface area contributed by atoms with Gasteiger partial charge in [-0.3, -0.25) is 9.59 Å². The number of hydrogen-bond donors (Lipinski definition) is 1. The topological polar surface area (TPSA) is 79.2 Å². The van der Waals surface area contributed by atoms with Gasteiger partial charge in [-0.05, 0) is 24.3 Å². The maximum absolute atomic E-state index is 12.8. The van der Waals surface area contributed by atoms with Gasteiger partial charge in [0.1, 0.15) is 4.21 Å². The SMILES string of the molecule is O=C1CC2(CCCC2)C(=O)N1C[NH+]1CCN(S(=O)(=O)c2cccs2)CC1.